The van der Waals surface area contributed by atoms with Crippen molar-refractivity contribution in [3.05, 3.63) is 28.8 Å². The molecule has 2 aromatic heterocycles. The Balaban J connectivity index is 1.95. The summed E-state index contributed by atoms with van der Waals surface area (Å²) in [6, 6.07) is 0. The Bertz CT molecular complexity index is 702. The first-order chi connectivity index (χ1) is 9.69. The average Bonchev–Trinajstić information content (AvgIpc) is 2.83. The van der Waals surface area contributed by atoms with Crippen molar-refractivity contribution in [3.8, 4) is 0 Å². The molecule has 7 heteroatoms. The van der Waals surface area contributed by atoms with Crippen LogP contribution in [-0.2, 0) is 6.54 Å². The summed E-state index contributed by atoms with van der Waals surface area (Å²) in [4.78, 5) is 22.4. The van der Waals surface area contributed by atoms with Crippen LogP contribution in [0, 0.1) is 11.8 Å². The van der Waals surface area contributed by atoms with Crippen LogP contribution in [0.1, 0.15) is 12.8 Å². The Kier molecular flexibility index (Phi) is 3.27. The number of aliphatic hydroxyl groups excluding tert-OH is 1. The average molecular weight is 275 g/mol. The van der Waals surface area contributed by atoms with E-state index in [4.69, 9.17) is 5.73 Å². The molecule has 0 aromatic carbocycles. The smallest absolute Gasteiger partial charge is 0.280 e. The summed E-state index contributed by atoms with van der Waals surface area (Å²) in [6.45, 7) is 0.833. The molecule has 106 valence electrons. The lowest BCUT2D eigenvalue weighted by Gasteiger charge is -2.27. The van der Waals surface area contributed by atoms with Gasteiger partial charge in [0, 0.05) is 13.2 Å². The molecular weight excluding hydrogens is 258 g/mol. The third kappa shape index (κ3) is 2.20. The first kappa shape index (κ1) is 12.9. The number of rotatable bonds is 3. The number of hydrogen-bond acceptors (Lipinski definition) is 5. The number of hydrogen-bond donors (Lipinski definition) is 3. The number of nitrogens with two attached hydrogens (primary N) is 1. The van der Waals surface area contributed by atoms with E-state index in [0.717, 1.165) is 12.8 Å². The van der Waals surface area contributed by atoms with E-state index in [1.165, 1.54) is 0 Å². The Hall–Kier alpha value is -2.15. The van der Waals surface area contributed by atoms with Crippen LogP contribution in [0.2, 0.25) is 0 Å². The van der Waals surface area contributed by atoms with Gasteiger partial charge in [0.1, 0.15) is 0 Å². The van der Waals surface area contributed by atoms with Crippen molar-refractivity contribution in [2.24, 2.45) is 11.8 Å². The van der Waals surface area contributed by atoms with Crippen molar-refractivity contribution >= 4 is 17.1 Å². The first-order valence-electron chi connectivity index (χ1n) is 6.65. The molecule has 0 amide bonds. The molecule has 0 saturated heterocycles. The van der Waals surface area contributed by atoms with Gasteiger partial charge in [0.2, 0.25) is 5.95 Å². The van der Waals surface area contributed by atoms with Crippen molar-refractivity contribution in [2.45, 2.75) is 19.4 Å². The zero-order valence-electron chi connectivity index (χ0n) is 11.0. The summed E-state index contributed by atoms with van der Waals surface area (Å²) in [5.41, 5.74) is 6.05. The van der Waals surface area contributed by atoms with Crippen LogP contribution >= 0.6 is 0 Å². The maximum atomic E-state index is 11.7. The molecule has 0 fully saturated rings. The molecule has 2 atom stereocenters. The van der Waals surface area contributed by atoms with Gasteiger partial charge in [-0.05, 0) is 24.7 Å². The minimum Gasteiger partial charge on any atom is -0.396 e. The van der Waals surface area contributed by atoms with Crippen molar-refractivity contribution < 1.29 is 5.11 Å². The van der Waals surface area contributed by atoms with Crippen molar-refractivity contribution in [1.29, 1.82) is 0 Å². The second kappa shape index (κ2) is 5.09. The summed E-state index contributed by atoms with van der Waals surface area (Å²) in [7, 11) is 0. The molecule has 2 aromatic rings. The molecule has 0 saturated carbocycles. The van der Waals surface area contributed by atoms with Crippen LogP contribution < -0.4 is 11.3 Å². The van der Waals surface area contributed by atoms with Crippen LogP contribution in [0.5, 0.6) is 0 Å². The van der Waals surface area contributed by atoms with E-state index in [-0.39, 0.29) is 24.0 Å². The normalized spacial score (nSPS) is 22.4. The Labute approximate surface area is 115 Å². The number of fused-ring (bicyclic) bond motifs is 1. The highest BCUT2D eigenvalue weighted by Crippen LogP contribution is 2.27. The Morgan fingerprint density at radius 1 is 1.40 bits per heavy atom. The monoisotopic (exact) mass is 275 g/mol. The Morgan fingerprint density at radius 3 is 2.90 bits per heavy atom. The summed E-state index contributed by atoms with van der Waals surface area (Å²) in [5.74, 6) is 0.632. The number of allylic oxidation sites excluding steroid dienone is 2. The number of aromatic nitrogens is 4. The van der Waals surface area contributed by atoms with Crippen molar-refractivity contribution in [1.82, 2.24) is 19.5 Å². The number of H-pyrrole nitrogens is 1. The molecule has 1 aliphatic rings. The van der Waals surface area contributed by atoms with E-state index in [9.17, 15) is 9.90 Å². The molecule has 20 heavy (non-hydrogen) atoms. The van der Waals surface area contributed by atoms with Gasteiger partial charge in [0.05, 0.1) is 6.33 Å². The van der Waals surface area contributed by atoms with E-state index in [0.29, 0.717) is 23.6 Å². The zero-order valence-corrected chi connectivity index (χ0v) is 11.0. The molecule has 1 aliphatic carbocycles. The first-order valence-corrected chi connectivity index (χ1v) is 6.65. The molecule has 0 unspecified atom stereocenters. The van der Waals surface area contributed by atoms with E-state index < -0.39 is 0 Å². The standard InChI is InChI=1S/C13H17N5O2/c14-13-16-11-10(12(20)17-13)15-7-18(11)5-8-3-1-2-4-9(8)6-19/h1-2,7-9,19H,3-6H2,(H3,14,16,17,20)/t8-,9+/m1/s1. The second-order valence-electron chi connectivity index (χ2n) is 5.17. The van der Waals surface area contributed by atoms with Gasteiger partial charge in [0.15, 0.2) is 11.2 Å². The zero-order chi connectivity index (χ0) is 14.1. The second-order valence-corrected chi connectivity index (χ2v) is 5.17. The van der Waals surface area contributed by atoms with E-state index in [1.807, 2.05) is 4.57 Å². The van der Waals surface area contributed by atoms with Crippen LogP contribution in [0.25, 0.3) is 11.2 Å². The predicted molar refractivity (Wildman–Crippen MR) is 75.0 cm³/mol. The maximum absolute atomic E-state index is 11.7. The predicted octanol–water partition coefficient (Wildman–Crippen LogP) is 0.276. The number of imidazole rings is 1. The SMILES string of the molecule is Nc1nc2c(ncn2C[C@H]2CC=CC[C@H]2CO)c(=O)[nH]1. The maximum Gasteiger partial charge on any atom is 0.280 e. The summed E-state index contributed by atoms with van der Waals surface area (Å²) < 4.78 is 1.84. The molecule has 7 nitrogen and oxygen atoms in total. The fraction of sp³-hybridized carbons (Fsp3) is 0.462. The number of nitrogens with zero attached hydrogens (tertiary/aromatic N) is 3. The molecule has 0 aliphatic heterocycles. The lowest BCUT2D eigenvalue weighted by molar-refractivity contribution is 0.160. The van der Waals surface area contributed by atoms with E-state index in [2.05, 4.69) is 27.1 Å². The molecular formula is C13H17N5O2. The van der Waals surface area contributed by atoms with E-state index in [1.54, 1.807) is 6.33 Å². The topological polar surface area (TPSA) is 110 Å². The van der Waals surface area contributed by atoms with Crippen LogP contribution in [0.15, 0.2) is 23.3 Å². The van der Waals surface area contributed by atoms with Crippen LogP contribution in [0.3, 0.4) is 0 Å². The quantitative estimate of drug-likeness (QED) is 0.697. The molecule has 2 heterocycles. The highest BCUT2D eigenvalue weighted by molar-refractivity contribution is 5.70. The number of nitrogens with one attached hydrogen (secondary N) is 1. The fourth-order valence-corrected chi connectivity index (χ4v) is 2.73. The number of aliphatic hydroxyl groups is 1. The van der Waals surface area contributed by atoms with Gasteiger partial charge in [-0.1, -0.05) is 12.2 Å². The lowest BCUT2D eigenvalue weighted by atomic mass is 9.83. The van der Waals surface area contributed by atoms with E-state index >= 15 is 0 Å². The number of aromatic amines is 1. The molecule has 3 rings (SSSR count). The van der Waals surface area contributed by atoms with Crippen LogP contribution in [-0.4, -0.2) is 31.2 Å². The van der Waals surface area contributed by atoms with Gasteiger partial charge in [-0.25, -0.2) is 4.98 Å². The highest BCUT2D eigenvalue weighted by atomic mass is 16.3. The largest absolute Gasteiger partial charge is 0.396 e. The highest BCUT2D eigenvalue weighted by Gasteiger charge is 2.23. The van der Waals surface area contributed by atoms with Crippen molar-refractivity contribution in [2.75, 3.05) is 12.3 Å². The van der Waals surface area contributed by atoms with Gasteiger partial charge >= 0.3 is 0 Å². The third-order valence-corrected chi connectivity index (χ3v) is 3.87. The lowest BCUT2D eigenvalue weighted by Crippen LogP contribution is -2.24. The molecule has 0 bridgehead atoms. The third-order valence-electron chi connectivity index (χ3n) is 3.87. The fourth-order valence-electron chi connectivity index (χ4n) is 2.73. The summed E-state index contributed by atoms with van der Waals surface area (Å²) in [6.07, 6.45) is 7.63. The number of anilines is 1. The van der Waals surface area contributed by atoms with Crippen LogP contribution in [0.4, 0.5) is 5.95 Å². The van der Waals surface area contributed by atoms with Gasteiger partial charge in [-0.2, -0.15) is 4.98 Å². The van der Waals surface area contributed by atoms with Gasteiger partial charge in [-0.3, -0.25) is 9.78 Å². The molecule has 4 N–H and O–H groups in total. The van der Waals surface area contributed by atoms with Gasteiger partial charge in [0.25, 0.3) is 5.56 Å². The van der Waals surface area contributed by atoms with Gasteiger partial charge in [-0.15, -0.1) is 0 Å². The molecule has 0 radical (unpaired) electrons. The minimum absolute atomic E-state index is 0.0894. The number of nitrogen functional groups attached to an aromatic ring is 1. The van der Waals surface area contributed by atoms with Gasteiger partial charge < -0.3 is 15.4 Å². The summed E-state index contributed by atoms with van der Waals surface area (Å²) in [5, 5.41) is 9.44. The van der Waals surface area contributed by atoms with Crippen molar-refractivity contribution in [3.63, 3.8) is 0 Å². The summed E-state index contributed by atoms with van der Waals surface area (Å²) >= 11 is 0. The molecule has 0 spiro atoms. The minimum atomic E-state index is -0.325. The Morgan fingerprint density at radius 2 is 2.15 bits per heavy atom.